The van der Waals surface area contributed by atoms with Crippen LogP contribution in [0.4, 0.5) is 0 Å². The summed E-state index contributed by atoms with van der Waals surface area (Å²) in [6.45, 7) is 2.47. The van der Waals surface area contributed by atoms with Crippen LogP contribution in [0.1, 0.15) is 6.92 Å². The van der Waals surface area contributed by atoms with Crippen LogP contribution in [-0.4, -0.2) is 84.4 Å². The zero-order valence-corrected chi connectivity index (χ0v) is 10.6. The van der Waals surface area contributed by atoms with Crippen molar-refractivity contribution in [2.45, 2.75) is 6.92 Å². The molecule has 0 saturated heterocycles. The van der Waals surface area contributed by atoms with E-state index in [-0.39, 0.29) is 26.4 Å². The molecule has 18 heavy (non-hydrogen) atoms. The van der Waals surface area contributed by atoms with Gasteiger partial charge in [0.05, 0.1) is 52.9 Å². The van der Waals surface area contributed by atoms with Gasteiger partial charge in [-0.15, -0.1) is 0 Å². The number of rotatable bonds is 8. The number of hydrogen-bond donors (Lipinski definition) is 5. The fourth-order valence-corrected chi connectivity index (χ4v) is 0.462. The van der Waals surface area contributed by atoms with Crippen LogP contribution in [0.5, 0.6) is 0 Å². The van der Waals surface area contributed by atoms with Crippen LogP contribution in [0.15, 0.2) is 0 Å². The minimum atomic E-state index is -0.833. The molecule has 0 fully saturated rings. The number of aliphatic hydroxyl groups excluding tert-OH is 4. The van der Waals surface area contributed by atoms with E-state index in [0.29, 0.717) is 26.4 Å². The van der Waals surface area contributed by atoms with E-state index in [2.05, 4.69) is 9.47 Å². The van der Waals surface area contributed by atoms with Crippen molar-refractivity contribution in [1.82, 2.24) is 0 Å². The molecule has 5 N–H and O–H groups in total. The normalized spacial score (nSPS) is 8.72. The lowest BCUT2D eigenvalue weighted by molar-refractivity contribution is -0.134. The first kappa shape index (κ1) is 22.4. The van der Waals surface area contributed by atoms with Crippen molar-refractivity contribution < 1.29 is 39.8 Å². The Kier molecular flexibility index (Phi) is 31.3. The highest BCUT2D eigenvalue weighted by molar-refractivity contribution is 5.62. The zero-order chi connectivity index (χ0) is 14.6. The molecule has 0 aliphatic rings. The van der Waals surface area contributed by atoms with E-state index in [1.807, 2.05) is 0 Å². The summed E-state index contributed by atoms with van der Waals surface area (Å²) < 4.78 is 9.26. The summed E-state index contributed by atoms with van der Waals surface area (Å²) in [6, 6.07) is 0. The van der Waals surface area contributed by atoms with Gasteiger partial charge in [-0.2, -0.15) is 0 Å². The second-order valence-electron chi connectivity index (χ2n) is 2.64. The van der Waals surface area contributed by atoms with Gasteiger partial charge in [0, 0.05) is 6.92 Å². The smallest absolute Gasteiger partial charge is 0.300 e. The zero-order valence-electron chi connectivity index (χ0n) is 10.6. The van der Waals surface area contributed by atoms with Crippen LogP contribution < -0.4 is 0 Å². The van der Waals surface area contributed by atoms with Gasteiger partial charge in [-0.25, -0.2) is 0 Å². The maximum absolute atomic E-state index is 9.00. The Morgan fingerprint density at radius 1 is 0.778 bits per heavy atom. The second-order valence-corrected chi connectivity index (χ2v) is 2.64. The van der Waals surface area contributed by atoms with Crippen molar-refractivity contribution in [2.24, 2.45) is 0 Å². The van der Waals surface area contributed by atoms with Crippen molar-refractivity contribution in [2.75, 3.05) is 52.9 Å². The first-order chi connectivity index (χ1) is 8.56. The molecule has 0 amide bonds. The van der Waals surface area contributed by atoms with Gasteiger partial charge in [-0.1, -0.05) is 0 Å². The molecule has 0 unspecified atom stereocenters. The van der Waals surface area contributed by atoms with Crippen LogP contribution in [-0.2, 0) is 14.3 Å². The average molecular weight is 272 g/mol. The first-order valence-electron chi connectivity index (χ1n) is 5.35. The number of ether oxygens (including phenoxy) is 2. The van der Waals surface area contributed by atoms with E-state index in [1.165, 1.54) is 0 Å². The standard InChI is InChI=1S/2C4H10O3.C2H4O2/c2*5-1-3-7-4-2-6;1-2(3)4/h2*5-6H,1-4H2;1H3,(H,3,4). The Morgan fingerprint density at radius 3 is 1.06 bits per heavy atom. The molecule has 0 atom stereocenters. The van der Waals surface area contributed by atoms with Gasteiger partial charge in [0.1, 0.15) is 0 Å². The number of aliphatic hydroxyl groups is 4. The molecule has 0 spiro atoms. The van der Waals surface area contributed by atoms with E-state index >= 15 is 0 Å². The summed E-state index contributed by atoms with van der Waals surface area (Å²) in [6.07, 6.45) is 0. The topological polar surface area (TPSA) is 137 Å². The molecule has 0 saturated carbocycles. The minimum Gasteiger partial charge on any atom is -0.481 e. The van der Waals surface area contributed by atoms with E-state index in [0.717, 1.165) is 6.92 Å². The summed E-state index contributed by atoms with van der Waals surface area (Å²) in [5.41, 5.74) is 0. The van der Waals surface area contributed by atoms with E-state index < -0.39 is 5.97 Å². The molecule has 0 aromatic heterocycles. The molecule has 0 aromatic carbocycles. The molecular weight excluding hydrogens is 248 g/mol. The quantitative estimate of drug-likeness (QED) is 0.322. The lowest BCUT2D eigenvalue weighted by atomic mass is 10.7. The fraction of sp³-hybridized carbons (Fsp3) is 0.900. The van der Waals surface area contributed by atoms with E-state index in [9.17, 15) is 0 Å². The number of carboxylic acids is 1. The van der Waals surface area contributed by atoms with Gasteiger partial charge in [0.2, 0.25) is 0 Å². The van der Waals surface area contributed by atoms with Crippen molar-refractivity contribution in [3.8, 4) is 0 Å². The highest BCUT2D eigenvalue weighted by atomic mass is 16.5. The number of aliphatic carboxylic acids is 1. The van der Waals surface area contributed by atoms with E-state index in [1.54, 1.807) is 0 Å². The predicted octanol–water partition coefficient (Wildman–Crippen LogP) is -1.93. The van der Waals surface area contributed by atoms with Gasteiger partial charge >= 0.3 is 0 Å². The molecule has 0 aliphatic carbocycles. The maximum atomic E-state index is 9.00. The lowest BCUT2D eigenvalue weighted by Crippen LogP contribution is -2.03. The summed E-state index contributed by atoms with van der Waals surface area (Å²) in [7, 11) is 0. The predicted molar refractivity (Wildman–Crippen MR) is 63.3 cm³/mol. The molecule has 0 radical (unpaired) electrons. The van der Waals surface area contributed by atoms with Crippen molar-refractivity contribution in [3.05, 3.63) is 0 Å². The fourth-order valence-electron chi connectivity index (χ4n) is 0.462. The lowest BCUT2D eigenvalue weighted by Gasteiger charge is -1.94. The summed E-state index contributed by atoms with van der Waals surface area (Å²) >= 11 is 0. The third-order valence-corrected chi connectivity index (χ3v) is 0.942. The largest absolute Gasteiger partial charge is 0.481 e. The minimum absolute atomic E-state index is 0.0278. The SMILES string of the molecule is CC(=O)O.OCCOCCO.OCCOCCO. The third kappa shape index (κ3) is 59.0. The number of hydrogen-bond acceptors (Lipinski definition) is 7. The Hall–Kier alpha value is -0.770. The maximum Gasteiger partial charge on any atom is 0.300 e. The Morgan fingerprint density at radius 2 is 0.944 bits per heavy atom. The van der Waals surface area contributed by atoms with Crippen molar-refractivity contribution >= 4 is 5.97 Å². The Labute approximate surface area is 106 Å². The number of carbonyl (C=O) groups is 1. The molecule has 0 aromatic rings. The van der Waals surface area contributed by atoms with Crippen LogP contribution in [0.2, 0.25) is 0 Å². The first-order valence-corrected chi connectivity index (χ1v) is 5.35. The second kappa shape index (κ2) is 25.2. The van der Waals surface area contributed by atoms with Crippen LogP contribution in [0.3, 0.4) is 0 Å². The van der Waals surface area contributed by atoms with E-state index in [4.69, 9.17) is 30.3 Å². The monoisotopic (exact) mass is 272 g/mol. The molecule has 8 heteroatoms. The van der Waals surface area contributed by atoms with Crippen molar-refractivity contribution in [3.63, 3.8) is 0 Å². The number of carboxylic acid groups (broad SMARTS) is 1. The summed E-state index contributed by atoms with van der Waals surface area (Å²) in [5.74, 6) is -0.833. The average Bonchev–Trinajstić information content (AvgIpc) is 2.31. The Balaban J connectivity index is -0.000000196. The third-order valence-electron chi connectivity index (χ3n) is 0.942. The van der Waals surface area contributed by atoms with Gasteiger partial charge in [0.25, 0.3) is 5.97 Å². The van der Waals surface area contributed by atoms with Gasteiger partial charge in [0.15, 0.2) is 0 Å². The highest BCUT2D eigenvalue weighted by Gasteiger charge is 1.80. The molecule has 8 nitrogen and oxygen atoms in total. The van der Waals surface area contributed by atoms with Crippen molar-refractivity contribution in [1.29, 1.82) is 0 Å². The van der Waals surface area contributed by atoms with Crippen LogP contribution in [0, 0.1) is 0 Å². The van der Waals surface area contributed by atoms with Gasteiger partial charge in [-0.3, -0.25) is 4.79 Å². The molecular formula is C10H24O8. The summed E-state index contributed by atoms with van der Waals surface area (Å²) in [5, 5.41) is 39.8. The molecule has 0 rings (SSSR count). The van der Waals surface area contributed by atoms with Crippen LogP contribution >= 0.6 is 0 Å². The molecule has 0 bridgehead atoms. The molecule has 0 aliphatic heterocycles. The highest BCUT2D eigenvalue weighted by Crippen LogP contribution is 1.68. The summed E-state index contributed by atoms with van der Waals surface area (Å²) in [4.78, 5) is 9.00. The van der Waals surface area contributed by atoms with Crippen LogP contribution in [0.25, 0.3) is 0 Å². The Bertz CT molecular complexity index is 120. The molecule has 112 valence electrons. The van der Waals surface area contributed by atoms with Gasteiger partial charge in [-0.05, 0) is 0 Å². The molecule has 0 heterocycles. The van der Waals surface area contributed by atoms with Gasteiger partial charge < -0.3 is 35.0 Å².